The number of carbonyl (C=O) groups excluding carboxylic acids is 1. The third-order valence-corrected chi connectivity index (χ3v) is 5.75. The van der Waals surface area contributed by atoms with E-state index in [1.165, 1.54) is 0 Å². The van der Waals surface area contributed by atoms with Crippen molar-refractivity contribution < 1.29 is 19.4 Å². The highest BCUT2D eigenvalue weighted by atomic mass is 16.5. The summed E-state index contributed by atoms with van der Waals surface area (Å²) in [5.74, 6) is -0.521. The quantitative estimate of drug-likeness (QED) is 0.902. The molecule has 1 N–H and O–H groups in total. The number of rotatable bonds is 3. The van der Waals surface area contributed by atoms with Crippen LogP contribution in [0, 0.1) is 11.3 Å². The molecule has 6 heteroatoms. The molecule has 1 aromatic carbocycles. The fourth-order valence-electron chi connectivity index (χ4n) is 4.17. The number of para-hydroxylation sites is 1. The molecule has 2 aliphatic heterocycles. The summed E-state index contributed by atoms with van der Waals surface area (Å²) < 4.78 is 5.90. The third-order valence-electron chi connectivity index (χ3n) is 5.75. The maximum atomic E-state index is 13.0. The van der Waals surface area contributed by atoms with Crippen molar-refractivity contribution in [1.82, 2.24) is 9.88 Å². The Morgan fingerprint density at radius 3 is 2.93 bits per heavy atom. The standard InChI is InChI=1S/C21H22N2O4/c1-2-17-9-14(7-8-22-17)19(24)23-11-16-12-27-18-6-4-3-5-15(18)10-21(16,13-23)20(25)26/h3-9,16H,2,10-13H2,1H3,(H,25,26)/t16-,21+/m0/s1. The van der Waals surface area contributed by atoms with Gasteiger partial charge in [0.05, 0.1) is 12.0 Å². The van der Waals surface area contributed by atoms with Crippen molar-refractivity contribution in [2.75, 3.05) is 19.7 Å². The molecular weight excluding hydrogens is 344 g/mol. The van der Waals surface area contributed by atoms with Crippen LogP contribution in [0.25, 0.3) is 0 Å². The summed E-state index contributed by atoms with van der Waals surface area (Å²) in [6, 6.07) is 11.0. The molecule has 140 valence electrons. The van der Waals surface area contributed by atoms with Gasteiger partial charge in [0, 0.05) is 36.5 Å². The Morgan fingerprint density at radius 2 is 2.15 bits per heavy atom. The SMILES string of the molecule is CCc1cc(C(=O)N2C[C@H]3COc4ccccc4C[C@@]3(C(=O)O)C2)ccn1. The first kappa shape index (κ1) is 17.5. The van der Waals surface area contributed by atoms with Crippen LogP contribution in [0.5, 0.6) is 5.75 Å². The monoisotopic (exact) mass is 366 g/mol. The molecule has 0 aliphatic carbocycles. The number of aliphatic carboxylic acids is 1. The number of amides is 1. The first-order chi connectivity index (χ1) is 13.0. The van der Waals surface area contributed by atoms with E-state index in [1.54, 1.807) is 23.2 Å². The van der Waals surface area contributed by atoms with E-state index in [1.807, 2.05) is 31.2 Å². The van der Waals surface area contributed by atoms with Crippen LogP contribution in [0.15, 0.2) is 42.6 Å². The second kappa shape index (κ2) is 6.68. The molecule has 27 heavy (non-hydrogen) atoms. The van der Waals surface area contributed by atoms with Crippen molar-refractivity contribution in [3.05, 3.63) is 59.4 Å². The molecule has 1 saturated heterocycles. The number of aryl methyl sites for hydroxylation is 1. The van der Waals surface area contributed by atoms with Crippen molar-refractivity contribution in [2.24, 2.45) is 11.3 Å². The van der Waals surface area contributed by atoms with Crippen molar-refractivity contribution in [3.8, 4) is 5.75 Å². The molecule has 0 radical (unpaired) electrons. The zero-order valence-corrected chi connectivity index (χ0v) is 15.2. The summed E-state index contributed by atoms with van der Waals surface area (Å²) in [7, 11) is 0. The fraction of sp³-hybridized carbons (Fsp3) is 0.381. The normalized spacial score (nSPS) is 23.7. The van der Waals surface area contributed by atoms with Gasteiger partial charge < -0.3 is 14.7 Å². The van der Waals surface area contributed by atoms with Crippen LogP contribution in [-0.4, -0.2) is 46.6 Å². The topological polar surface area (TPSA) is 79.7 Å². The maximum absolute atomic E-state index is 13.0. The highest BCUT2D eigenvalue weighted by Crippen LogP contribution is 2.44. The first-order valence-corrected chi connectivity index (χ1v) is 9.22. The zero-order valence-electron chi connectivity index (χ0n) is 15.2. The molecule has 0 bridgehead atoms. The van der Waals surface area contributed by atoms with Crippen LogP contribution in [0.2, 0.25) is 0 Å². The lowest BCUT2D eigenvalue weighted by molar-refractivity contribution is -0.150. The van der Waals surface area contributed by atoms with Crippen LogP contribution in [-0.2, 0) is 17.6 Å². The number of carbonyl (C=O) groups is 2. The van der Waals surface area contributed by atoms with E-state index in [9.17, 15) is 14.7 Å². The molecule has 1 amide bonds. The highest BCUT2D eigenvalue weighted by molar-refractivity contribution is 5.95. The Labute approximate surface area is 157 Å². The van der Waals surface area contributed by atoms with Crippen molar-refractivity contribution in [3.63, 3.8) is 0 Å². The Bertz CT molecular complexity index is 897. The molecule has 2 aromatic rings. The van der Waals surface area contributed by atoms with E-state index in [2.05, 4.69) is 4.98 Å². The van der Waals surface area contributed by atoms with Crippen molar-refractivity contribution in [1.29, 1.82) is 0 Å². The molecule has 1 fully saturated rings. The number of hydrogen-bond donors (Lipinski definition) is 1. The number of likely N-dealkylation sites (tertiary alicyclic amines) is 1. The number of hydrogen-bond acceptors (Lipinski definition) is 4. The van der Waals surface area contributed by atoms with E-state index in [0.29, 0.717) is 25.1 Å². The van der Waals surface area contributed by atoms with E-state index < -0.39 is 11.4 Å². The van der Waals surface area contributed by atoms with Crippen molar-refractivity contribution in [2.45, 2.75) is 19.8 Å². The smallest absolute Gasteiger partial charge is 0.312 e. The minimum Gasteiger partial charge on any atom is -0.493 e. The van der Waals surface area contributed by atoms with Gasteiger partial charge in [-0.3, -0.25) is 14.6 Å². The maximum Gasteiger partial charge on any atom is 0.312 e. The zero-order chi connectivity index (χ0) is 19.0. The summed E-state index contributed by atoms with van der Waals surface area (Å²) in [6.45, 7) is 2.85. The lowest BCUT2D eigenvalue weighted by Crippen LogP contribution is -2.42. The molecular formula is C21H22N2O4. The predicted octanol–water partition coefficient (Wildman–Crippen LogP) is 2.42. The number of aromatic nitrogens is 1. The Morgan fingerprint density at radius 1 is 1.33 bits per heavy atom. The molecule has 0 saturated carbocycles. The average molecular weight is 366 g/mol. The number of carboxylic acids is 1. The van der Waals surface area contributed by atoms with Crippen LogP contribution >= 0.6 is 0 Å². The number of benzene rings is 1. The van der Waals surface area contributed by atoms with Crippen LogP contribution in [0.4, 0.5) is 0 Å². The van der Waals surface area contributed by atoms with Gasteiger partial charge in [0.2, 0.25) is 0 Å². The van der Waals surface area contributed by atoms with Gasteiger partial charge in [-0.05, 0) is 36.6 Å². The lowest BCUT2D eigenvalue weighted by Gasteiger charge is -2.27. The minimum absolute atomic E-state index is 0.144. The van der Waals surface area contributed by atoms with Gasteiger partial charge >= 0.3 is 5.97 Å². The number of fused-ring (bicyclic) bond motifs is 2. The van der Waals surface area contributed by atoms with E-state index in [0.717, 1.165) is 23.4 Å². The van der Waals surface area contributed by atoms with E-state index in [-0.39, 0.29) is 18.4 Å². The Hall–Kier alpha value is -2.89. The van der Waals surface area contributed by atoms with Gasteiger partial charge in [-0.25, -0.2) is 0 Å². The highest BCUT2D eigenvalue weighted by Gasteiger charge is 2.55. The number of ether oxygens (including phenoxy) is 1. The number of nitrogens with zero attached hydrogens (tertiary/aromatic N) is 2. The Balaban J connectivity index is 1.65. The molecule has 2 atom stereocenters. The van der Waals surface area contributed by atoms with E-state index >= 15 is 0 Å². The fourth-order valence-corrected chi connectivity index (χ4v) is 4.17. The summed E-state index contributed by atoms with van der Waals surface area (Å²) >= 11 is 0. The van der Waals surface area contributed by atoms with Gasteiger partial charge in [0.25, 0.3) is 5.91 Å². The van der Waals surface area contributed by atoms with Gasteiger partial charge in [-0.2, -0.15) is 0 Å². The summed E-state index contributed by atoms with van der Waals surface area (Å²) in [5, 5.41) is 10.1. The van der Waals surface area contributed by atoms with Gasteiger partial charge in [0.1, 0.15) is 5.75 Å². The molecule has 1 aromatic heterocycles. The largest absolute Gasteiger partial charge is 0.493 e. The number of carboxylic acid groups (broad SMARTS) is 1. The molecule has 4 rings (SSSR count). The summed E-state index contributed by atoms with van der Waals surface area (Å²) in [6.07, 6.45) is 2.74. The minimum atomic E-state index is -1.02. The molecule has 2 aliphatic rings. The van der Waals surface area contributed by atoms with Crippen LogP contribution in [0.3, 0.4) is 0 Å². The molecule has 6 nitrogen and oxygen atoms in total. The summed E-state index contributed by atoms with van der Waals surface area (Å²) in [5.41, 5.74) is 1.26. The van der Waals surface area contributed by atoms with Gasteiger partial charge in [-0.1, -0.05) is 25.1 Å². The van der Waals surface area contributed by atoms with Crippen molar-refractivity contribution >= 4 is 11.9 Å². The summed E-state index contributed by atoms with van der Waals surface area (Å²) in [4.78, 5) is 31.2. The number of pyridine rings is 1. The third kappa shape index (κ3) is 2.95. The first-order valence-electron chi connectivity index (χ1n) is 9.22. The van der Waals surface area contributed by atoms with Gasteiger partial charge in [-0.15, -0.1) is 0 Å². The van der Waals surface area contributed by atoms with Crippen LogP contribution < -0.4 is 4.74 Å². The molecule has 3 heterocycles. The van der Waals surface area contributed by atoms with E-state index in [4.69, 9.17) is 4.74 Å². The van der Waals surface area contributed by atoms with Gasteiger partial charge in [0.15, 0.2) is 0 Å². The second-order valence-corrected chi connectivity index (χ2v) is 7.33. The molecule has 0 unspecified atom stereocenters. The molecule has 0 spiro atoms. The predicted molar refractivity (Wildman–Crippen MR) is 98.7 cm³/mol. The average Bonchev–Trinajstić information content (AvgIpc) is 2.98. The lowest BCUT2D eigenvalue weighted by atomic mass is 9.74. The van der Waals surface area contributed by atoms with Crippen LogP contribution in [0.1, 0.15) is 28.5 Å². The second-order valence-electron chi connectivity index (χ2n) is 7.33. The Kier molecular flexibility index (Phi) is 4.34.